The molecule has 0 amide bonds. The van der Waals surface area contributed by atoms with Crippen molar-refractivity contribution in [2.75, 3.05) is 31.6 Å². The first-order chi connectivity index (χ1) is 9.97. The molecule has 2 aliphatic heterocycles. The van der Waals surface area contributed by atoms with Gasteiger partial charge in [0.2, 0.25) is 0 Å². The summed E-state index contributed by atoms with van der Waals surface area (Å²) in [6.45, 7) is 11.3. The Hall–Kier alpha value is -0.170. The van der Waals surface area contributed by atoms with Crippen LogP contribution in [-0.4, -0.2) is 68.2 Å². The van der Waals surface area contributed by atoms with Crippen molar-refractivity contribution in [2.45, 2.75) is 70.2 Å². The highest BCUT2D eigenvalue weighted by Gasteiger charge is 2.46. The number of ether oxygens (including phenoxy) is 1. The predicted octanol–water partition coefficient (Wildman–Crippen LogP) is 1.43. The van der Waals surface area contributed by atoms with E-state index in [1.807, 2.05) is 0 Å². The number of nitrogens with one attached hydrogen (secondary N) is 1. The lowest BCUT2D eigenvalue weighted by molar-refractivity contribution is -0.0708. The topological polar surface area (TPSA) is 58.6 Å². The van der Waals surface area contributed by atoms with Gasteiger partial charge in [0.15, 0.2) is 0 Å². The Balaban J connectivity index is 1.78. The average molecular weight is 333 g/mol. The standard InChI is InChI=1S/C16H32N2O3S/c1-15(2)12-14(16(3,4)21-15)17-13-6-8-18(9-7-13)10-11-22(5,19)20/h13-14,17H,6-12H2,1-5H3. The average Bonchev–Trinajstić information content (AvgIpc) is 2.55. The van der Waals surface area contributed by atoms with Crippen LogP contribution in [0.15, 0.2) is 0 Å². The number of nitrogens with zero attached hydrogens (tertiary/aromatic N) is 1. The Morgan fingerprint density at radius 1 is 1.18 bits per heavy atom. The highest BCUT2D eigenvalue weighted by atomic mass is 32.2. The highest BCUT2D eigenvalue weighted by molar-refractivity contribution is 7.90. The molecule has 0 aromatic rings. The Bertz CT molecular complexity index is 480. The van der Waals surface area contributed by atoms with Gasteiger partial charge in [-0.1, -0.05) is 0 Å². The van der Waals surface area contributed by atoms with Crippen LogP contribution in [0, 0.1) is 0 Å². The normalized spacial score (nSPS) is 29.8. The first-order valence-electron chi connectivity index (χ1n) is 8.33. The van der Waals surface area contributed by atoms with E-state index in [9.17, 15) is 8.42 Å². The number of hydrogen-bond donors (Lipinski definition) is 1. The monoisotopic (exact) mass is 332 g/mol. The molecule has 2 fully saturated rings. The van der Waals surface area contributed by atoms with Crippen molar-refractivity contribution in [3.8, 4) is 0 Å². The molecule has 2 aliphatic rings. The molecule has 2 saturated heterocycles. The van der Waals surface area contributed by atoms with Gasteiger partial charge in [0.05, 0.1) is 17.0 Å². The van der Waals surface area contributed by atoms with E-state index in [0.717, 1.165) is 32.4 Å². The predicted molar refractivity (Wildman–Crippen MR) is 90.0 cm³/mol. The van der Waals surface area contributed by atoms with E-state index in [1.54, 1.807) is 0 Å². The maximum Gasteiger partial charge on any atom is 0.148 e. The number of likely N-dealkylation sites (tertiary alicyclic amines) is 1. The summed E-state index contributed by atoms with van der Waals surface area (Å²) in [6.07, 6.45) is 4.51. The minimum absolute atomic E-state index is 0.0582. The Labute approximate surface area is 135 Å². The van der Waals surface area contributed by atoms with Gasteiger partial charge in [-0.05, 0) is 60.0 Å². The Morgan fingerprint density at radius 3 is 2.23 bits per heavy atom. The summed E-state index contributed by atoms with van der Waals surface area (Å²) in [5.41, 5.74) is -0.186. The van der Waals surface area contributed by atoms with Gasteiger partial charge in [-0.2, -0.15) is 0 Å². The molecule has 130 valence electrons. The third-order valence-corrected chi connectivity index (χ3v) is 5.80. The Kier molecular flexibility index (Phi) is 5.27. The van der Waals surface area contributed by atoms with Crippen molar-refractivity contribution in [3.63, 3.8) is 0 Å². The van der Waals surface area contributed by atoms with E-state index in [1.165, 1.54) is 6.26 Å². The van der Waals surface area contributed by atoms with Gasteiger partial charge >= 0.3 is 0 Å². The second kappa shape index (κ2) is 6.38. The smallest absolute Gasteiger partial charge is 0.148 e. The molecule has 0 aromatic heterocycles. The SMILES string of the molecule is CC1(C)CC(NC2CCN(CCS(C)(=O)=O)CC2)C(C)(C)O1. The van der Waals surface area contributed by atoms with Crippen LogP contribution in [-0.2, 0) is 14.6 Å². The van der Waals surface area contributed by atoms with E-state index in [0.29, 0.717) is 18.6 Å². The molecule has 1 N–H and O–H groups in total. The molecule has 0 saturated carbocycles. The van der Waals surface area contributed by atoms with Crippen LogP contribution in [0.3, 0.4) is 0 Å². The molecular weight excluding hydrogens is 300 g/mol. The maximum atomic E-state index is 11.2. The van der Waals surface area contributed by atoms with Crippen molar-refractivity contribution in [1.29, 1.82) is 0 Å². The summed E-state index contributed by atoms with van der Waals surface area (Å²) in [4.78, 5) is 2.26. The zero-order chi connectivity index (χ0) is 16.6. The molecule has 0 spiro atoms. The maximum absolute atomic E-state index is 11.2. The summed E-state index contributed by atoms with van der Waals surface area (Å²) < 4.78 is 28.6. The molecule has 0 aliphatic carbocycles. The minimum Gasteiger partial charge on any atom is -0.368 e. The van der Waals surface area contributed by atoms with Crippen LogP contribution in [0.4, 0.5) is 0 Å². The lowest BCUT2D eigenvalue weighted by Crippen LogP contribution is -2.51. The van der Waals surface area contributed by atoms with Crippen LogP contribution in [0.25, 0.3) is 0 Å². The number of sulfone groups is 1. The van der Waals surface area contributed by atoms with Gasteiger partial charge in [-0.3, -0.25) is 0 Å². The summed E-state index contributed by atoms with van der Waals surface area (Å²) in [6, 6.07) is 0.895. The molecule has 6 heteroatoms. The van der Waals surface area contributed by atoms with Crippen molar-refractivity contribution in [2.24, 2.45) is 0 Å². The summed E-state index contributed by atoms with van der Waals surface area (Å²) >= 11 is 0. The molecule has 22 heavy (non-hydrogen) atoms. The fourth-order valence-corrected chi connectivity index (χ4v) is 4.31. The number of hydrogen-bond acceptors (Lipinski definition) is 5. The molecule has 0 bridgehead atoms. The summed E-state index contributed by atoms with van der Waals surface area (Å²) in [7, 11) is -2.86. The van der Waals surface area contributed by atoms with Crippen LogP contribution in [0.5, 0.6) is 0 Å². The fourth-order valence-electron chi connectivity index (χ4n) is 3.72. The molecule has 5 nitrogen and oxygen atoms in total. The van der Waals surface area contributed by atoms with Gasteiger partial charge in [-0.15, -0.1) is 0 Å². The number of piperidine rings is 1. The van der Waals surface area contributed by atoms with Gasteiger partial charge in [-0.25, -0.2) is 8.42 Å². The lowest BCUT2D eigenvalue weighted by atomic mass is 9.92. The van der Waals surface area contributed by atoms with E-state index in [-0.39, 0.29) is 17.0 Å². The van der Waals surface area contributed by atoms with Gasteiger partial charge in [0, 0.05) is 24.9 Å². The zero-order valence-corrected chi connectivity index (χ0v) is 15.5. The van der Waals surface area contributed by atoms with E-state index in [4.69, 9.17) is 4.74 Å². The third-order valence-electron chi connectivity index (χ3n) is 4.88. The van der Waals surface area contributed by atoms with Crippen molar-refractivity contribution >= 4 is 9.84 Å². The molecule has 1 atom stereocenters. The van der Waals surface area contributed by atoms with Gasteiger partial charge in [0.25, 0.3) is 0 Å². The van der Waals surface area contributed by atoms with E-state index in [2.05, 4.69) is 37.9 Å². The Morgan fingerprint density at radius 2 is 1.77 bits per heavy atom. The van der Waals surface area contributed by atoms with E-state index < -0.39 is 9.84 Å². The summed E-state index contributed by atoms with van der Waals surface area (Å²) in [5.74, 6) is 0.267. The van der Waals surface area contributed by atoms with Crippen molar-refractivity contribution in [3.05, 3.63) is 0 Å². The third kappa shape index (κ3) is 5.18. The van der Waals surface area contributed by atoms with Crippen LogP contribution >= 0.6 is 0 Å². The van der Waals surface area contributed by atoms with Gasteiger partial charge in [0.1, 0.15) is 9.84 Å². The van der Waals surface area contributed by atoms with Gasteiger partial charge < -0.3 is 15.0 Å². The summed E-state index contributed by atoms with van der Waals surface area (Å²) in [5, 5.41) is 3.79. The molecule has 1 unspecified atom stereocenters. The molecular formula is C16H32N2O3S. The second-order valence-corrected chi connectivity index (χ2v) is 10.4. The molecule has 2 heterocycles. The van der Waals surface area contributed by atoms with Crippen LogP contribution in [0.2, 0.25) is 0 Å². The molecule has 2 rings (SSSR count). The quantitative estimate of drug-likeness (QED) is 0.825. The second-order valence-electron chi connectivity index (χ2n) is 8.13. The van der Waals surface area contributed by atoms with Crippen molar-refractivity contribution in [1.82, 2.24) is 10.2 Å². The molecule has 0 aromatic carbocycles. The van der Waals surface area contributed by atoms with E-state index >= 15 is 0 Å². The number of rotatable bonds is 5. The first kappa shape index (κ1) is 18.2. The fraction of sp³-hybridized carbons (Fsp3) is 1.00. The molecule has 0 radical (unpaired) electrons. The highest BCUT2D eigenvalue weighted by Crippen LogP contribution is 2.37. The first-order valence-corrected chi connectivity index (χ1v) is 10.4. The van der Waals surface area contributed by atoms with Crippen LogP contribution < -0.4 is 5.32 Å². The minimum atomic E-state index is -2.86. The lowest BCUT2D eigenvalue weighted by Gasteiger charge is -2.36. The van der Waals surface area contributed by atoms with Crippen molar-refractivity contribution < 1.29 is 13.2 Å². The van der Waals surface area contributed by atoms with Crippen LogP contribution in [0.1, 0.15) is 47.0 Å². The zero-order valence-electron chi connectivity index (χ0n) is 14.7. The largest absolute Gasteiger partial charge is 0.368 e.